The Morgan fingerprint density at radius 2 is 1.97 bits per heavy atom. The molecule has 8 heteroatoms. The third-order valence-corrected chi connectivity index (χ3v) is 6.54. The Bertz CT molecular complexity index is 1080. The number of benzene rings is 1. The van der Waals surface area contributed by atoms with Crippen molar-refractivity contribution in [3.05, 3.63) is 64.8 Å². The molecule has 1 aliphatic heterocycles. The summed E-state index contributed by atoms with van der Waals surface area (Å²) in [6.45, 7) is 5.49. The largest absolute Gasteiger partial charge is 0.368 e. The summed E-state index contributed by atoms with van der Waals surface area (Å²) in [5, 5.41) is 2.05. The van der Waals surface area contributed by atoms with E-state index in [1.165, 1.54) is 4.88 Å². The Morgan fingerprint density at radius 3 is 2.62 bits per heavy atom. The van der Waals surface area contributed by atoms with Crippen molar-refractivity contribution in [1.29, 1.82) is 0 Å². The molecule has 32 heavy (non-hydrogen) atoms. The second-order valence-corrected chi connectivity index (χ2v) is 8.92. The van der Waals surface area contributed by atoms with Crippen LogP contribution in [-0.2, 0) is 11.2 Å². The fourth-order valence-electron chi connectivity index (χ4n) is 4.09. The molecule has 2 amide bonds. The summed E-state index contributed by atoms with van der Waals surface area (Å²) < 4.78 is 0. The summed E-state index contributed by atoms with van der Waals surface area (Å²) in [4.78, 5) is 39.5. The minimum Gasteiger partial charge on any atom is -0.368 e. The molecule has 1 fully saturated rings. The van der Waals surface area contributed by atoms with E-state index in [2.05, 4.69) is 40.5 Å². The van der Waals surface area contributed by atoms with Gasteiger partial charge in [-0.05, 0) is 42.0 Å². The van der Waals surface area contributed by atoms with Crippen LogP contribution < -0.4 is 5.73 Å². The molecule has 1 aromatic carbocycles. The van der Waals surface area contributed by atoms with E-state index in [0.717, 1.165) is 17.5 Å². The molecule has 0 bridgehead atoms. The van der Waals surface area contributed by atoms with Crippen LogP contribution in [0.5, 0.6) is 0 Å². The molecule has 1 unspecified atom stereocenters. The van der Waals surface area contributed by atoms with Crippen LogP contribution in [0.3, 0.4) is 0 Å². The van der Waals surface area contributed by atoms with Crippen LogP contribution in [0.1, 0.15) is 35.1 Å². The molecule has 4 rings (SSSR count). The van der Waals surface area contributed by atoms with Crippen molar-refractivity contribution in [3.63, 3.8) is 0 Å². The number of carbonyl (C=O) groups is 2. The molecule has 2 N–H and O–H groups in total. The van der Waals surface area contributed by atoms with E-state index in [1.54, 1.807) is 29.2 Å². The topological polar surface area (TPSA) is 92.4 Å². The lowest BCUT2D eigenvalue weighted by molar-refractivity contribution is -0.140. The van der Waals surface area contributed by atoms with Crippen molar-refractivity contribution < 1.29 is 9.59 Å². The Kier molecular flexibility index (Phi) is 6.50. The number of nitrogens with zero attached hydrogens (tertiary/aromatic N) is 4. The number of hydrogen-bond donors (Lipinski definition) is 1. The summed E-state index contributed by atoms with van der Waals surface area (Å²) in [6, 6.07) is 13.4. The van der Waals surface area contributed by atoms with E-state index in [4.69, 9.17) is 5.73 Å². The summed E-state index contributed by atoms with van der Waals surface area (Å²) in [5.74, 6) is -0.246. The normalized spacial score (nSPS) is 16.4. The van der Waals surface area contributed by atoms with Gasteiger partial charge in [0.05, 0.1) is 0 Å². The number of piperazine rings is 1. The van der Waals surface area contributed by atoms with Crippen molar-refractivity contribution in [2.24, 2.45) is 0 Å². The van der Waals surface area contributed by atoms with Crippen molar-refractivity contribution in [2.45, 2.75) is 32.7 Å². The summed E-state index contributed by atoms with van der Waals surface area (Å²) >= 11 is 1.69. The van der Waals surface area contributed by atoms with Crippen LogP contribution in [0.2, 0.25) is 0 Å². The fourth-order valence-corrected chi connectivity index (χ4v) is 4.82. The Morgan fingerprint density at radius 1 is 1.19 bits per heavy atom. The molecule has 0 saturated carbocycles. The average Bonchev–Trinajstić information content (AvgIpc) is 3.31. The SMILES string of the molecule is CCCN1CCN(C(=O)c2cc(C)nc(N)n2)C(Cc2ccc(-c3cccs3)cc2)C1=O. The smallest absolute Gasteiger partial charge is 0.273 e. The van der Waals surface area contributed by atoms with Crippen LogP contribution in [0.25, 0.3) is 10.4 Å². The lowest BCUT2D eigenvalue weighted by Crippen LogP contribution is -2.59. The first-order valence-corrected chi connectivity index (χ1v) is 11.7. The molecule has 0 radical (unpaired) electrons. The minimum atomic E-state index is -0.577. The van der Waals surface area contributed by atoms with E-state index in [1.807, 2.05) is 23.1 Å². The molecule has 0 aliphatic carbocycles. The molecule has 3 aromatic rings. The third kappa shape index (κ3) is 4.65. The molecule has 7 nitrogen and oxygen atoms in total. The molecule has 3 heterocycles. The lowest BCUT2D eigenvalue weighted by Gasteiger charge is -2.40. The number of aryl methyl sites for hydroxylation is 1. The van der Waals surface area contributed by atoms with E-state index >= 15 is 0 Å². The van der Waals surface area contributed by atoms with Crippen LogP contribution in [0.4, 0.5) is 5.95 Å². The summed E-state index contributed by atoms with van der Waals surface area (Å²) in [7, 11) is 0. The first-order chi connectivity index (χ1) is 15.5. The van der Waals surface area contributed by atoms with Gasteiger partial charge in [-0.15, -0.1) is 11.3 Å². The highest BCUT2D eigenvalue weighted by molar-refractivity contribution is 7.13. The Balaban J connectivity index is 1.60. The molecule has 1 aliphatic rings. The number of carbonyl (C=O) groups excluding carboxylic acids is 2. The van der Waals surface area contributed by atoms with Gasteiger partial charge < -0.3 is 15.5 Å². The number of rotatable bonds is 6. The number of nitrogens with two attached hydrogens (primary N) is 1. The van der Waals surface area contributed by atoms with Gasteiger partial charge in [-0.25, -0.2) is 9.97 Å². The fraction of sp³-hybridized carbons (Fsp3) is 0.333. The minimum absolute atomic E-state index is 0.0208. The van der Waals surface area contributed by atoms with Gasteiger partial charge in [0.25, 0.3) is 5.91 Å². The van der Waals surface area contributed by atoms with Gasteiger partial charge in [-0.1, -0.05) is 37.3 Å². The Hall–Kier alpha value is -3.26. The maximum atomic E-state index is 13.3. The van der Waals surface area contributed by atoms with Gasteiger partial charge in [-0.3, -0.25) is 9.59 Å². The van der Waals surface area contributed by atoms with Gasteiger partial charge in [0.15, 0.2) is 0 Å². The predicted molar refractivity (Wildman–Crippen MR) is 126 cm³/mol. The molecule has 1 saturated heterocycles. The van der Waals surface area contributed by atoms with Crippen LogP contribution in [0, 0.1) is 6.92 Å². The van der Waals surface area contributed by atoms with E-state index < -0.39 is 6.04 Å². The van der Waals surface area contributed by atoms with Crippen molar-refractivity contribution >= 4 is 29.1 Å². The highest BCUT2D eigenvalue weighted by atomic mass is 32.1. The molecular formula is C24H27N5O2S. The van der Waals surface area contributed by atoms with Crippen molar-refractivity contribution in [1.82, 2.24) is 19.8 Å². The molecule has 0 spiro atoms. The van der Waals surface area contributed by atoms with Gasteiger partial charge in [-0.2, -0.15) is 0 Å². The number of nitrogen functional groups attached to an aromatic ring is 1. The standard InChI is InChI=1S/C24H27N5O2S/c1-3-10-28-11-12-29(22(30)19-14-16(2)26-24(25)27-19)20(23(28)31)15-17-6-8-18(9-7-17)21-5-4-13-32-21/h4-9,13-14,20H,3,10-12,15H2,1-2H3,(H2,25,26,27). The molecule has 1 atom stereocenters. The first-order valence-electron chi connectivity index (χ1n) is 10.8. The number of aromatic nitrogens is 2. The zero-order valence-corrected chi connectivity index (χ0v) is 19.1. The Labute approximate surface area is 191 Å². The van der Waals surface area contributed by atoms with Gasteiger partial charge >= 0.3 is 0 Å². The van der Waals surface area contributed by atoms with Crippen molar-refractivity contribution in [2.75, 3.05) is 25.4 Å². The zero-order valence-electron chi connectivity index (χ0n) is 18.3. The van der Waals surface area contributed by atoms with E-state index in [9.17, 15) is 9.59 Å². The van der Waals surface area contributed by atoms with Gasteiger partial charge in [0, 0.05) is 36.6 Å². The maximum Gasteiger partial charge on any atom is 0.273 e. The second kappa shape index (κ2) is 9.48. The molecule has 166 valence electrons. The number of thiophene rings is 1. The number of hydrogen-bond acceptors (Lipinski definition) is 6. The summed E-state index contributed by atoms with van der Waals surface area (Å²) in [5.41, 5.74) is 8.77. The average molecular weight is 450 g/mol. The first kappa shape index (κ1) is 22.0. The molecule has 2 aromatic heterocycles. The highest BCUT2D eigenvalue weighted by Crippen LogP contribution is 2.26. The molecular weight excluding hydrogens is 422 g/mol. The maximum absolute atomic E-state index is 13.3. The van der Waals surface area contributed by atoms with Gasteiger partial charge in [0.1, 0.15) is 11.7 Å². The van der Waals surface area contributed by atoms with Gasteiger partial charge in [0.2, 0.25) is 11.9 Å². The van der Waals surface area contributed by atoms with Crippen LogP contribution in [0.15, 0.2) is 47.8 Å². The monoisotopic (exact) mass is 449 g/mol. The predicted octanol–water partition coefficient (Wildman–Crippen LogP) is 3.40. The zero-order chi connectivity index (χ0) is 22.7. The third-order valence-electron chi connectivity index (χ3n) is 5.62. The second-order valence-electron chi connectivity index (χ2n) is 7.97. The van der Waals surface area contributed by atoms with Crippen LogP contribution >= 0.6 is 11.3 Å². The summed E-state index contributed by atoms with van der Waals surface area (Å²) in [6.07, 6.45) is 1.33. The number of anilines is 1. The van der Waals surface area contributed by atoms with Crippen LogP contribution in [-0.4, -0.2) is 57.3 Å². The lowest BCUT2D eigenvalue weighted by atomic mass is 9.99. The quantitative estimate of drug-likeness (QED) is 0.623. The van der Waals surface area contributed by atoms with E-state index in [-0.39, 0.29) is 23.5 Å². The number of amides is 2. The van der Waals surface area contributed by atoms with E-state index in [0.29, 0.717) is 31.7 Å². The highest BCUT2D eigenvalue weighted by Gasteiger charge is 2.38. The van der Waals surface area contributed by atoms with Crippen molar-refractivity contribution in [3.8, 4) is 10.4 Å².